The number of hydrogen-bond donors (Lipinski definition) is 3. The molecule has 1 heterocycles. The first-order chi connectivity index (χ1) is 12.5. The van der Waals surface area contributed by atoms with Crippen molar-refractivity contribution in [3.05, 3.63) is 41.2 Å². The van der Waals surface area contributed by atoms with Gasteiger partial charge in [-0.15, -0.1) is 0 Å². The summed E-state index contributed by atoms with van der Waals surface area (Å²) in [6.45, 7) is 1.86. The molecule has 3 N–H and O–H groups in total. The molecule has 0 atom stereocenters. The number of anilines is 3. The molecule has 136 valence electrons. The number of halogens is 1. The van der Waals surface area contributed by atoms with Gasteiger partial charge in [0.2, 0.25) is 0 Å². The van der Waals surface area contributed by atoms with Crippen molar-refractivity contribution >= 4 is 40.7 Å². The summed E-state index contributed by atoms with van der Waals surface area (Å²) in [6.07, 6.45) is 4.14. The van der Waals surface area contributed by atoms with Gasteiger partial charge >= 0.3 is 6.03 Å². The molecule has 1 aromatic carbocycles. The summed E-state index contributed by atoms with van der Waals surface area (Å²) < 4.78 is 0. The Kier molecular flexibility index (Phi) is 5.68. The van der Waals surface area contributed by atoms with Crippen molar-refractivity contribution in [1.82, 2.24) is 9.97 Å². The molecule has 8 heteroatoms. The fourth-order valence-corrected chi connectivity index (χ4v) is 3.12. The van der Waals surface area contributed by atoms with Crippen molar-refractivity contribution < 1.29 is 9.59 Å². The number of urea groups is 1. The van der Waals surface area contributed by atoms with Crippen molar-refractivity contribution in [1.29, 1.82) is 0 Å². The zero-order valence-corrected chi connectivity index (χ0v) is 15.1. The Morgan fingerprint density at radius 2 is 1.88 bits per heavy atom. The van der Waals surface area contributed by atoms with Crippen LogP contribution in [-0.2, 0) is 4.79 Å². The van der Waals surface area contributed by atoms with Gasteiger partial charge in [0.15, 0.2) is 0 Å². The Balaban J connectivity index is 1.61. The minimum absolute atomic E-state index is 0.204. The van der Waals surface area contributed by atoms with E-state index in [1.54, 1.807) is 12.1 Å². The quantitative estimate of drug-likeness (QED) is 0.752. The first-order valence-electron chi connectivity index (χ1n) is 8.44. The Morgan fingerprint density at radius 1 is 1.15 bits per heavy atom. The summed E-state index contributed by atoms with van der Waals surface area (Å²) in [5, 5.41) is 9.16. The molecule has 1 aliphatic rings. The second-order valence-electron chi connectivity index (χ2n) is 6.26. The minimum Gasteiger partial charge on any atom is -0.367 e. The average Bonchev–Trinajstić information content (AvgIpc) is 2.61. The summed E-state index contributed by atoms with van der Waals surface area (Å²) in [6, 6.07) is 6.83. The van der Waals surface area contributed by atoms with Gasteiger partial charge in [0.25, 0.3) is 0 Å². The van der Waals surface area contributed by atoms with Gasteiger partial charge in [0.05, 0.1) is 10.7 Å². The summed E-state index contributed by atoms with van der Waals surface area (Å²) in [5.41, 5.74) is 1.43. The average molecular weight is 374 g/mol. The summed E-state index contributed by atoms with van der Waals surface area (Å²) in [7, 11) is 0. The molecular formula is C18H20ClN5O2. The van der Waals surface area contributed by atoms with E-state index < -0.39 is 6.03 Å². The first kappa shape index (κ1) is 18.1. The topological polar surface area (TPSA) is 96.0 Å². The lowest BCUT2D eigenvalue weighted by Crippen LogP contribution is -2.26. The summed E-state index contributed by atoms with van der Waals surface area (Å²) in [5.74, 6) is 1.29. The van der Waals surface area contributed by atoms with Crippen molar-refractivity contribution in [2.24, 2.45) is 0 Å². The van der Waals surface area contributed by atoms with E-state index in [0.29, 0.717) is 41.0 Å². The Morgan fingerprint density at radius 3 is 2.62 bits per heavy atom. The lowest BCUT2D eigenvalue weighted by molar-refractivity contribution is -0.120. The molecule has 2 aromatic rings. The molecule has 1 fully saturated rings. The molecular weight excluding hydrogens is 354 g/mol. The van der Waals surface area contributed by atoms with Crippen LogP contribution in [0.1, 0.15) is 31.2 Å². The number of aromatic nitrogens is 2. The number of para-hydroxylation sites is 1. The van der Waals surface area contributed by atoms with Gasteiger partial charge < -0.3 is 10.6 Å². The lowest BCUT2D eigenvalue weighted by atomic mass is 9.94. The van der Waals surface area contributed by atoms with E-state index in [0.717, 1.165) is 18.4 Å². The van der Waals surface area contributed by atoms with Crippen LogP contribution in [-0.4, -0.2) is 27.8 Å². The zero-order chi connectivity index (χ0) is 18.5. The fraction of sp³-hybridized carbons (Fsp3) is 0.333. The van der Waals surface area contributed by atoms with E-state index in [4.69, 9.17) is 11.6 Å². The van der Waals surface area contributed by atoms with Gasteiger partial charge in [-0.1, -0.05) is 23.7 Å². The number of benzene rings is 1. The predicted molar refractivity (Wildman–Crippen MR) is 102 cm³/mol. The molecule has 0 radical (unpaired) electrons. The van der Waals surface area contributed by atoms with Gasteiger partial charge in [-0.3, -0.25) is 10.1 Å². The molecule has 1 aromatic heterocycles. The van der Waals surface area contributed by atoms with E-state index in [-0.39, 0.29) is 6.04 Å². The van der Waals surface area contributed by atoms with Crippen LogP contribution in [0.15, 0.2) is 30.6 Å². The fourth-order valence-electron chi connectivity index (χ4n) is 2.85. The highest BCUT2D eigenvalue weighted by atomic mass is 35.5. The second-order valence-corrected chi connectivity index (χ2v) is 6.66. The number of nitrogens with one attached hydrogen (secondary N) is 3. The second kappa shape index (κ2) is 8.14. The number of Topliss-reactive ketones (excluding diaryl/α,β-unsaturated/α-hetero) is 1. The van der Waals surface area contributed by atoms with Gasteiger partial charge in [-0.2, -0.15) is 0 Å². The first-order valence-corrected chi connectivity index (χ1v) is 8.82. The van der Waals surface area contributed by atoms with Crippen molar-refractivity contribution in [3.63, 3.8) is 0 Å². The number of carbonyl (C=O) groups excluding carboxylic acids is 2. The number of rotatable bonds is 4. The monoisotopic (exact) mass is 373 g/mol. The van der Waals surface area contributed by atoms with Crippen LogP contribution in [0, 0.1) is 6.92 Å². The largest absolute Gasteiger partial charge is 0.367 e. The van der Waals surface area contributed by atoms with E-state index in [1.165, 1.54) is 6.33 Å². The van der Waals surface area contributed by atoms with Crippen LogP contribution >= 0.6 is 11.6 Å². The highest BCUT2D eigenvalue weighted by Gasteiger charge is 2.19. The molecule has 1 saturated carbocycles. The highest BCUT2D eigenvalue weighted by molar-refractivity contribution is 6.34. The maximum Gasteiger partial charge on any atom is 0.324 e. The molecule has 7 nitrogen and oxygen atoms in total. The van der Waals surface area contributed by atoms with Crippen LogP contribution in [0.4, 0.5) is 22.1 Å². The summed E-state index contributed by atoms with van der Waals surface area (Å²) >= 11 is 6.12. The predicted octanol–water partition coefficient (Wildman–Crippen LogP) is 4.01. The molecule has 0 aliphatic heterocycles. The zero-order valence-electron chi connectivity index (χ0n) is 14.4. The van der Waals surface area contributed by atoms with Crippen LogP contribution in [0.25, 0.3) is 0 Å². The number of carbonyl (C=O) groups is 2. The Bertz CT molecular complexity index is 797. The number of hydrogen-bond acceptors (Lipinski definition) is 5. The van der Waals surface area contributed by atoms with Crippen molar-refractivity contribution in [2.75, 3.05) is 16.0 Å². The Hall–Kier alpha value is -2.67. The number of ketones is 1. The maximum atomic E-state index is 12.2. The lowest BCUT2D eigenvalue weighted by Gasteiger charge is -2.22. The highest BCUT2D eigenvalue weighted by Crippen LogP contribution is 2.25. The van der Waals surface area contributed by atoms with Crippen LogP contribution < -0.4 is 16.0 Å². The molecule has 2 amide bonds. The normalized spacial score (nSPS) is 14.8. The van der Waals surface area contributed by atoms with Crippen LogP contribution in [0.3, 0.4) is 0 Å². The third kappa shape index (κ3) is 4.70. The smallest absolute Gasteiger partial charge is 0.324 e. The SMILES string of the molecule is Cc1cccc(Cl)c1NC(=O)Nc1cc(NC2CCC(=O)CC2)ncn1. The molecule has 3 rings (SSSR count). The van der Waals surface area contributed by atoms with E-state index in [9.17, 15) is 9.59 Å². The number of aryl methyl sites for hydroxylation is 1. The van der Waals surface area contributed by atoms with Gasteiger partial charge in [0.1, 0.15) is 23.7 Å². The van der Waals surface area contributed by atoms with E-state index >= 15 is 0 Å². The minimum atomic E-state index is -0.436. The third-order valence-corrected chi connectivity index (χ3v) is 4.58. The molecule has 0 bridgehead atoms. The van der Waals surface area contributed by atoms with E-state index in [2.05, 4.69) is 25.9 Å². The van der Waals surface area contributed by atoms with E-state index in [1.807, 2.05) is 19.1 Å². The maximum absolute atomic E-state index is 12.2. The number of amides is 2. The molecule has 0 saturated heterocycles. The summed E-state index contributed by atoms with van der Waals surface area (Å²) in [4.78, 5) is 31.8. The molecule has 1 aliphatic carbocycles. The molecule has 26 heavy (non-hydrogen) atoms. The van der Waals surface area contributed by atoms with Crippen molar-refractivity contribution in [2.45, 2.75) is 38.6 Å². The van der Waals surface area contributed by atoms with Gasteiger partial charge in [0, 0.05) is 24.9 Å². The molecule has 0 unspecified atom stereocenters. The third-order valence-electron chi connectivity index (χ3n) is 4.26. The van der Waals surface area contributed by atoms with Crippen LogP contribution in [0.5, 0.6) is 0 Å². The number of nitrogens with zero attached hydrogens (tertiary/aromatic N) is 2. The van der Waals surface area contributed by atoms with Crippen LogP contribution in [0.2, 0.25) is 5.02 Å². The molecule has 0 spiro atoms. The van der Waals surface area contributed by atoms with Gasteiger partial charge in [-0.25, -0.2) is 14.8 Å². The standard InChI is InChI=1S/C18H20ClN5O2/c1-11-3-2-4-14(19)17(11)24-18(26)23-16-9-15(20-10-21-16)22-12-5-7-13(25)8-6-12/h2-4,9-10,12H,5-8H2,1H3,(H3,20,21,22,23,24,26). The Labute approximate surface area is 156 Å². The van der Waals surface area contributed by atoms with Gasteiger partial charge in [-0.05, 0) is 31.4 Å². The van der Waals surface area contributed by atoms with Crippen molar-refractivity contribution in [3.8, 4) is 0 Å².